The Hall–Kier alpha value is -3.07. The summed E-state index contributed by atoms with van der Waals surface area (Å²) in [5.74, 6) is 0.901. The molecule has 130 valence electrons. The number of benzene rings is 3. The predicted molar refractivity (Wildman–Crippen MR) is 110 cm³/mol. The van der Waals surface area contributed by atoms with E-state index in [2.05, 4.69) is 76.2 Å². The van der Waals surface area contributed by atoms with Crippen molar-refractivity contribution in [3.63, 3.8) is 0 Å². The van der Waals surface area contributed by atoms with Gasteiger partial charge in [0.25, 0.3) is 0 Å². The number of nitrogens with zero attached hydrogens (tertiary/aromatic N) is 2. The molecule has 0 radical (unpaired) electrons. The number of rotatable bonds is 2. The van der Waals surface area contributed by atoms with Crippen LogP contribution in [0.4, 0.5) is 5.69 Å². The lowest BCUT2D eigenvalue weighted by atomic mass is 9.93. The number of fused-ring (bicyclic) bond motifs is 2. The molecule has 1 heterocycles. The molecule has 0 unspecified atom stereocenters. The van der Waals surface area contributed by atoms with Gasteiger partial charge in [0.05, 0.1) is 6.07 Å². The van der Waals surface area contributed by atoms with Crippen molar-refractivity contribution >= 4 is 16.7 Å². The summed E-state index contributed by atoms with van der Waals surface area (Å²) in [6.07, 6.45) is 0. The van der Waals surface area contributed by atoms with Gasteiger partial charge in [-0.15, -0.1) is 0 Å². The molecule has 3 nitrogen and oxygen atoms in total. The number of hydrogen-bond donors (Lipinski definition) is 0. The highest BCUT2D eigenvalue weighted by Crippen LogP contribution is 2.40. The van der Waals surface area contributed by atoms with Crippen molar-refractivity contribution < 1.29 is 4.42 Å². The first-order valence-corrected chi connectivity index (χ1v) is 8.78. The van der Waals surface area contributed by atoms with E-state index in [9.17, 15) is 0 Å². The maximum atomic E-state index is 6.34. The van der Waals surface area contributed by atoms with Gasteiger partial charge in [-0.1, -0.05) is 30.3 Å². The Morgan fingerprint density at radius 2 is 1.62 bits per heavy atom. The third-order valence-electron chi connectivity index (χ3n) is 4.78. The van der Waals surface area contributed by atoms with E-state index in [4.69, 9.17) is 4.42 Å². The molecule has 0 saturated heterocycles. The SMILES string of the molecule is CN(C)c1ccc2c(-c3ccccc3)c3ccc(=[N+](C)C)cc-3oc2c1. The van der Waals surface area contributed by atoms with Gasteiger partial charge in [0, 0.05) is 48.4 Å². The lowest BCUT2D eigenvalue weighted by molar-refractivity contribution is 0.617. The standard InChI is InChI=1S/C23H23N2O/c1-24(2)17-10-12-19-21(14-17)26-22-15-18(25(3)4)11-13-20(22)23(19)16-8-6-5-7-9-16/h5-15H,1-4H3/q+1. The fraction of sp³-hybridized carbons (Fsp3) is 0.174. The van der Waals surface area contributed by atoms with Crippen molar-refractivity contribution in [1.29, 1.82) is 0 Å². The Balaban J connectivity index is 2.15. The second-order valence-corrected chi connectivity index (χ2v) is 6.99. The van der Waals surface area contributed by atoms with Gasteiger partial charge < -0.3 is 9.32 Å². The monoisotopic (exact) mass is 343 g/mol. The van der Waals surface area contributed by atoms with E-state index < -0.39 is 0 Å². The molecule has 1 aliphatic carbocycles. The maximum Gasteiger partial charge on any atom is 0.203 e. The highest BCUT2D eigenvalue weighted by atomic mass is 16.3. The van der Waals surface area contributed by atoms with Crippen LogP contribution in [-0.4, -0.2) is 28.2 Å². The van der Waals surface area contributed by atoms with Gasteiger partial charge in [-0.2, -0.15) is 0 Å². The Morgan fingerprint density at radius 3 is 2.31 bits per heavy atom. The fourth-order valence-corrected chi connectivity index (χ4v) is 3.34. The molecule has 2 aromatic carbocycles. The zero-order valence-corrected chi connectivity index (χ0v) is 15.7. The van der Waals surface area contributed by atoms with Crippen LogP contribution >= 0.6 is 0 Å². The van der Waals surface area contributed by atoms with Gasteiger partial charge in [-0.25, -0.2) is 4.58 Å². The van der Waals surface area contributed by atoms with Crippen molar-refractivity contribution in [3.05, 3.63) is 72.1 Å². The first-order valence-electron chi connectivity index (χ1n) is 8.78. The molecule has 0 N–H and O–H groups in total. The average Bonchev–Trinajstić information content (AvgIpc) is 2.65. The van der Waals surface area contributed by atoms with Crippen molar-refractivity contribution in [2.75, 3.05) is 33.1 Å². The Morgan fingerprint density at radius 1 is 0.846 bits per heavy atom. The minimum Gasteiger partial charge on any atom is -0.456 e. The van der Waals surface area contributed by atoms with Crippen LogP contribution in [0.15, 0.2) is 71.1 Å². The average molecular weight is 343 g/mol. The van der Waals surface area contributed by atoms with E-state index in [1.807, 2.05) is 28.2 Å². The topological polar surface area (TPSA) is 19.4 Å². The summed E-state index contributed by atoms with van der Waals surface area (Å²) in [5, 5.41) is 2.26. The van der Waals surface area contributed by atoms with E-state index in [0.717, 1.165) is 33.3 Å². The quantitative estimate of drug-likeness (QED) is 0.399. The van der Waals surface area contributed by atoms with Crippen LogP contribution in [0.25, 0.3) is 33.4 Å². The highest BCUT2D eigenvalue weighted by molar-refractivity contribution is 6.02. The summed E-state index contributed by atoms with van der Waals surface area (Å²) in [4.78, 5) is 2.09. The first kappa shape index (κ1) is 16.4. The molecule has 1 aliphatic heterocycles. The normalized spacial score (nSPS) is 11.1. The van der Waals surface area contributed by atoms with Crippen molar-refractivity contribution in [2.45, 2.75) is 0 Å². The van der Waals surface area contributed by atoms with Crippen molar-refractivity contribution in [2.24, 2.45) is 0 Å². The summed E-state index contributed by atoms with van der Waals surface area (Å²) < 4.78 is 8.43. The largest absolute Gasteiger partial charge is 0.456 e. The predicted octanol–water partition coefficient (Wildman–Crippen LogP) is 4.30. The second-order valence-electron chi connectivity index (χ2n) is 6.99. The van der Waals surface area contributed by atoms with E-state index in [0.29, 0.717) is 0 Å². The van der Waals surface area contributed by atoms with Gasteiger partial charge in [0.1, 0.15) is 25.4 Å². The van der Waals surface area contributed by atoms with Crippen LogP contribution in [0.5, 0.6) is 0 Å². The minimum atomic E-state index is 0.901. The second kappa shape index (κ2) is 6.34. The number of hydrogen-bond acceptors (Lipinski definition) is 2. The molecule has 4 rings (SSSR count). The van der Waals surface area contributed by atoms with Gasteiger partial charge >= 0.3 is 0 Å². The third-order valence-corrected chi connectivity index (χ3v) is 4.78. The van der Waals surface area contributed by atoms with Crippen LogP contribution in [0.2, 0.25) is 0 Å². The zero-order chi connectivity index (χ0) is 18.3. The molecule has 0 atom stereocenters. The van der Waals surface area contributed by atoms with Crippen LogP contribution in [-0.2, 0) is 0 Å². The van der Waals surface area contributed by atoms with Crippen LogP contribution in [0, 0.1) is 0 Å². The molecule has 0 aromatic heterocycles. The Bertz CT molecular complexity index is 1120. The Kier molecular flexibility index (Phi) is 4.00. The van der Waals surface area contributed by atoms with Gasteiger partial charge in [-0.05, 0) is 23.8 Å². The molecular formula is C23H23N2O+. The van der Waals surface area contributed by atoms with E-state index in [1.54, 1.807) is 0 Å². The molecule has 0 bridgehead atoms. The number of anilines is 1. The Labute approximate surface area is 153 Å². The lowest BCUT2D eigenvalue weighted by Gasteiger charge is -2.17. The molecule has 26 heavy (non-hydrogen) atoms. The zero-order valence-electron chi connectivity index (χ0n) is 15.7. The van der Waals surface area contributed by atoms with Crippen LogP contribution < -0.4 is 14.8 Å². The van der Waals surface area contributed by atoms with Crippen LogP contribution in [0.1, 0.15) is 0 Å². The summed E-state index contributed by atoms with van der Waals surface area (Å²) in [7, 11) is 8.18. The van der Waals surface area contributed by atoms with Crippen LogP contribution in [0.3, 0.4) is 0 Å². The van der Waals surface area contributed by atoms with Crippen molar-refractivity contribution in [3.8, 4) is 22.5 Å². The van der Waals surface area contributed by atoms with Gasteiger partial charge in [-0.3, -0.25) is 0 Å². The minimum absolute atomic E-state index is 0.901. The summed E-state index contributed by atoms with van der Waals surface area (Å²) in [5.41, 5.74) is 5.58. The van der Waals surface area contributed by atoms with E-state index in [-0.39, 0.29) is 0 Å². The summed E-state index contributed by atoms with van der Waals surface area (Å²) in [6.45, 7) is 0. The molecule has 2 aromatic rings. The highest BCUT2D eigenvalue weighted by Gasteiger charge is 2.18. The van der Waals surface area contributed by atoms with E-state index in [1.165, 1.54) is 11.1 Å². The molecule has 0 saturated carbocycles. The summed E-state index contributed by atoms with van der Waals surface area (Å²) in [6, 6.07) is 23.4. The molecule has 3 heteroatoms. The van der Waals surface area contributed by atoms with Gasteiger partial charge in [0.2, 0.25) is 5.36 Å². The third kappa shape index (κ3) is 2.76. The molecule has 2 aliphatic rings. The fourth-order valence-electron chi connectivity index (χ4n) is 3.34. The molecule has 0 amide bonds. The van der Waals surface area contributed by atoms with Gasteiger partial charge in [0.15, 0.2) is 0 Å². The lowest BCUT2D eigenvalue weighted by Crippen LogP contribution is -2.21. The van der Waals surface area contributed by atoms with E-state index >= 15 is 0 Å². The van der Waals surface area contributed by atoms with Crippen molar-refractivity contribution in [1.82, 2.24) is 4.58 Å². The molecule has 0 spiro atoms. The smallest absolute Gasteiger partial charge is 0.203 e. The molecular weight excluding hydrogens is 320 g/mol. The maximum absolute atomic E-state index is 6.34. The summed E-state index contributed by atoms with van der Waals surface area (Å²) >= 11 is 0. The first-order chi connectivity index (χ1) is 12.5. The molecule has 0 fully saturated rings.